The monoisotopic (exact) mass is 355 g/mol. The summed E-state index contributed by atoms with van der Waals surface area (Å²) >= 11 is 1.17. The Kier molecular flexibility index (Phi) is 7.97. The molecule has 0 saturated carbocycles. The molecule has 0 spiro atoms. The van der Waals surface area contributed by atoms with Crippen molar-refractivity contribution in [3.63, 3.8) is 0 Å². The average Bonchev–Trinajstić information content (AvgIpc) is 2.49. The molecule has 8 heteroatoms. The maximum absolute atomic E-state index is 12.5. The van der Waals surface area contributed by atoms with Crippen molar-refractivity contribution in [2.45, 2.75) is 57.0 Å². The summed E-state index contributed by atoms with van der Waals surface area (Å²) in [6.45, 7) is 7.52. The van der Waals surface area contributed by atoms with Crippen LogP contribution in [-0.2, 0) is 14.3 Å². The van der Waals surface area contributed by atoms with E-state index in [0.29, 0.717) is 23.7 Å². The van der Waals surface area contributed by atoms with Crippen LogP contribution >= 0.6 is 11.8 Å². The van der Waals surface area contributed by atoms with Crippen molar-refractivity contribution in [2.24, 2.45) is 5.92 Å². The van der Waals surface area contributed by atoms with Crippen LogP contribution in [0.3, 0.4) is 0 Å². The van der Waals surface area contributed by atoms with E-state index < -0.39 is 17.3 Å². The van der Waals surface area contributed by atoms with Gasteiger partial charge in [0, 0.05) is 11.8 Å². The Morgan fingerprint density at radius 3 is 2.58 bits per heavy atom. The zero-order chi connectivity index (χ0) is 18.3. The molecular formula is C16H25N3O4S. The summed E-state index contributed by atoms with van der Waals surface area (Å²) < 4.78 is 4.76. The minimum absolute atomic E-state index is 0.233. The summed E-state index contributed by atoms with van der Waals surface area (Å²) in [5, 5.41) is 2.67. The van der Waals surface area contributed by atoms with E-state index >= 15 is 0 Å². The number of thioether (sulfide) groups is 1. The van der Waals surface area contributed by atoms with Crippen LogP contribution in [-0.4, -0.2) is 40.2 Å². The number of nitrogens with one attached hydrogen (secondary N) is 2. The van der Waals surface area contributed by atoms with E-state index in [2.05, 4.69) is 15.3 Å². The van der Waals surface area contributed by atoms with Gasteiger partial charge in [-0.05, 0) is 25.7 Å². The third kappa shape index (κ3) is 6.35. The van der Waals surface area contributed by atoms with Gasteiger partial charge in [0.05, 0.1) is 12.4 Å². The van der Waals surface area contributed by atoms with Crippen LogP contribution in [0.2, 0.25) is 0 Å². The second kappa shape index (κ2) is 9.46. The molecule has 0 fully saturated rings. The average molecular weight is 355 g/mol. The quantitative estimate of drug-likeness (QED) is 0.418. The third-order valence-electron chi connectivity index (χ3n) is 3.27. The number of ether oxygens (including phenoxy) is 1. The molecule has 1 aromatic rings. The lowest BCUT2D eigenvalue weighted by Crippen LogP contribution is -2.45. The Balaban J connectivity index is 2.84. The van der Waals surface area contributed by atoms with E-state index in [-0.39, 0.29) is 17.4 Å². The molecule has 0 aromatic carbocycles. The summed E-state index contributed by atoms with van der Waals surface area (Å²) in [5.74, 6) is -0.501. The van der Waals surface area contributed by atoms with Gasteiger partial charge >= 0.3 is 5.97 Å². The predicted octanol–water partition coefficient (Wildman–Crippen LogP) is 1.65. The van der Waals surface area contributed by atoms with Gasteiger partial charge in [-0.25, -0.2) is 9.78 Å². The predicted molar refractivity (Wildman–Crippen MR) is 92.9 cm³/mol. The first kappa shape index (κ1) is 20.2. The maximum atomic E-state index is 12.5. The van der Waals surface area contributed by atoms with Gasteiger partial charge in [-0.1, -0.05) is 32.5 Å². The highest BCUT2D eigenvalue weighted by molar-refractivity contribution is 8.00. The van der Waals surface area contributed by atoms with Crippen molar-refractivity contribution >= 4 is 23.6 Å². The number of rotatable bonds is 8. The lowest BCUT2D eigenvalue weighted by molar-refractivity contribution is -0.145. The van der Waals surface area contributed by atoms with E-state index in [1.54, 1.807) is 6.92 Å². The summed E-state index contributed by atoms with van der Waals surface area (Å²) in [5.41, 5.74) is 0.330. The zero-order valence-electron chi connectivity index (χ0n) is 14.7. The molecule has 1 rings (SSSR count). The molecule has 0 aliphatic rings. The lowest BCUT2D eigenvalue weighted by Gasteiger charge is -2.21. The number of carbonyl (C=O) groups excluding carboxylic acids is 2. The van der Waals surface area contributed by atoms with E-state index in [4.69, 9.17) is 4.74 Å². The molecule has 7 nitrogen and oxygen atoms in total. The SMILES string of the molecule is CCC(Sc1nc(C)cc(=O)[nH]1)C(=O)NC(CC(C)C)C(=O)OC. The molecule has 0 radical (unpaired) electrons. The molecule has 1 aromatic heterocycles. The highest BCUT2D eigenvalue weighted by atomic mass is 32.2. The number of H-pyrrole nitrogens is 1. The van der Waals surface area contributed by atoms with E-state index in [1.807, 2.05) is 20.8 Å². The van der Waals surface area contributed by atoms with Crippen molar-refractivity contribution in [3.05, 3.63) is 22.1 Å². The number of hydrogen-bond acceptors (Lipinski definition) is 6. The molecule has 2 N–H and O–H groups in total. The fourth-order valence-corrected chi connectivity index (χ4v) is 3.12. The number of amides is 1. The van der Waals surface area contributed by atoms with Crippen molar-refractivity contribution in [3.8, 4) is 0 Å². The van der Waals surface area contributed by atoms with Crippen LogP contribution in [0.4, 0.5) is 0 Å². The first-order valence-corrected chi connectivity index (χ1v) is 8.77. The summed E-state index contributed by atoms with van der Waals surface area (Å²) in [4.78, 5) is 42.7. The van der Waals surface area contributed by atoms with E-state index in [1.165, 1.54) is 24.9 Å². The van der Waals surface area contributed by atoms with Crippen LogP contribution in [0.25, 0.3) is 0 Å². The Bertz CT molecular complexity index is 630. The topological polar surface area (TPSA) is 101 Å². The molecule has 0 aliphatic carbocycles. The van der Waals surface area contributed by atoms with Crippen LogP contribution < -0.4 is 10.9 Å². The minimum Gasteiger partial charge on any atom is -0.467 e. The van der Waals surface area contributed by atoms with Crippen LogP contribution in [0.15, 0.2) is 16.0 Å². The minimum atomic E-state index is -0.679. The first-order valence-electron chi connectivity index (χ1n) is 7.89. The fourth-order valence-electron chi connectivity index (χ4n) is 2.16. The smallest absolute Gasteiger partial charge is 0.328 e. The van der Waals surface area contributed by atoms with Gasteiger partial charge in [0.15, 0.2) is 5.16 Å². The van der Waals surface area contributed by atoms with Gasteiger partial charge in [-0.2, -0.15) is 0 Å². The van der Waals surface area contributed by atoms with Crippen molar-refractivity contribution < 1.29 is 14.3 Å². The molecule has 0 aliphatic heterocycles. The number of esters is 1. The number of carbonyl (C=O) groups is 2. The number of nitrogens with zero attached hydrogens (tertiary/aromatic N) is 1. The molecule has 2 atom stereocenters. The highest BCUT2D eigenvalue weighted by Crippen LogP contribution is 2.22. The highest BCUT2D eigenvalue weighted by Gasteiger charge is 2.27. The molecule has 134 valence electrons. The molecule has 1 heterocycles. The van der Waals surface area contributed by atoms with Crippen LogP contribution in [0.1, 0.15) is 39.3 Å². The van der Waals surface area contributed by atoms with Crippen molar-refractivity contribution in [1.82, 2.24) is 15.3 Å². The Morgan fingerprint density at radius 1 is 1.42 bits per heavy atom. The summed E-state index contributed by atoms with van der Waals surface area (Å²) in [6, 6.07) is 0.711. The van der Waals surface area contributed by atoms with Crippen LogP contribution in [0.5, 0.6) is 0 Å². The molecule has 1 amide bonds. The second-order valence-electron chi connectivity index (χ2n) is 5.92. The van der Waals surface area contributed by atoms with E-state index in [9.17, 15) is 14.4 Å². The number of hydrogen-bond donors (Lipinski definition) is 2. The van der Waals surface area contributed by atoms with Gasteiger partial charge in [0.1, 0.15) is 6.04 Å². The summed E-state index contributed by atoms with van der Waals surface area (Å²) in [6.07, 6.45) is 1.03. The van der Waals surface area contributed by atoms with E-state index in [0.717, 1.165) is 0 Å². The largest absolute Gasteiger partial charge is 0.467 e. The van der Waals surface area contributed by atoms with Gasteiger partial charge < -0.3 is 15.0 Å². The van der Waals surface area contributed by atoms with Crippen molar-refractivity contribution in [1.29, 1.82) is 0 Å². The van der Waals surface area contributed by atoms with Gasteiger partial charge in [-0.15, -0.1) is 0 Å². The zero-order valence-corrected chi connectivity index (χ0v) is 15.5. The number of aromatic nitrogens is 2. The molecule has 0 bridgehead atoms. The Morgan fingerprint density at radius 2 is 2.08 bits per heavy atom. The standard InChI is InChI=1S/C16H25N3O4S/c1-6-12(24-16-17-10(4)8-13(20)19-16)14(21)18-11(7-9(2)3)15(22)23-5/h8-9,11-12H,6-7H2,1-5H3,(H,18,21)(H,17,19,20). The third-order valence-corrected chi connectivity index (χ3v) is 4.52. The molecule has 24 heavy (non-hydrogen) atoms. The lowest BCUT2D eigenvalue weighted by atomic mass is 10.0. The molecule has 2 unspecified atom stereocenters. The van der Waals surface area contributed by atoms with Gasteiger partial charge in [-0.3, -0.25) is 9.59 Å². The fraction of sp³-hybridized carbons (Fsp3) is 0.625. The van der Waals surface area contributed by atoms with Gasteiger partial charge in [0.2, 0.25) is 5.91 Å². The normalized spacial score (nSPS) is 13.4. The van der Waals surface area contributed by atoms with Gasteiger partial charge in [0.25, 0.3) is 5.56 Å². The number of methoxy groups -OCH3 is 1. The number of aromatic amines is 1. The maximum Gasteiger partial charge on any atom is 0.328 e. The van der Waals surface area contributed by atoms with Crippen molar-refractivity contribution in [2.75, 3.05) is 7.11 Å². The second-order valence-corrected chi connectivity index (χ2v) is 7.11. The Hall–Kier alpha value is -1.83. The Labute approximate surface area is 146 Å². The number of aryl methyl sites for hydroxylation is 1. The summed E-state index contributed by atoms with van der Waals surface area (Å²) in [7, 11) is 1.30. The molecule has 0 saturated heterocycles. The molecular weight excluding hydrogens is 330 g/mol. The van der Waals surface area contributed by atoms with Crippen LogP contribution in [0, 0.1) is 12.8 Å². The first-order chi connectivity index (χ1) is 11.3.